The quantitative estimate of drug-likeness (QED) is 0.657. The fourth-order valence-electron chi connectivity index (χ4n) is 4.53. The molecule has 1 aromatic carbocycles. The second kappa shape index (κ2) is 9.01. The van der Waals surface area contributed by atoms with E-state index in [0.29, 0.717) is 24.1 Å². The average molecular weight is 423 g/mol. The third-order valence-electron chi connectivity index (χ3n) is 6.01. The maximum Gasteiger partial charge on any atom is 0.252 e. The minimum absolute atomic E-state index is 0.0630. The number of fused-ring (bicyclic) bond motifs is 1. The van der Waals surface area contributed by atoms with Gasteiger partial charge in [-0.25, -0.2) is 9.50 Å². The molecular formula is C23H30N6O2. The van der Waals surface area contributed by atoms with E-state index in [1.807, 2.05) is 32.0 Å². The van der Waals surface area contributed by atoms with Gasteiger partial charge >= 0.3 is 0 Å². The molecule has 164 valence electrons. The SMILES string of the molecule is COc1ccc(C2C(CNC(=O)Cc3nc4nc(C)cc(C)n4n3)CCCN2C)cc1. The highest BCUT2D eigenvalue weighted by atomic mass is 16.5. The highest BCUT2D eigenvalue weighted by Crippen LogP contribution is 2.35. The molecule has 1 aliphatic rings. The van der Waals surface area contributed by atoms with Crippen LogP contribution in [0, 0.1) is 19.8 Å². The van der Waals surface area contributed by atoms with Crippen molar-refractivity contribution in [3.63, 3.8) is 0 Å². The second-order valence-corrected chi connectivity index (χ2v) is 8.36. The molecule has 1 fully saturated rings. The molecule has 0 aliphatic carbocycles. The fraction of sp³-hybridized carbons (Fsp3) is 0.478. The Morgan fingerprint density at radius 2 is 2.00 bits per heavy atom. The van der Waals surface area contributed by atoms with E-state index in [4.69, 9.17) is 4.74 Å². The minimum Gasteiger partial charge on any atom is -0.497 e. The highest BCUT2D eigenvalue weighted by Gasteiger charge is 2.30. The van der Waals surface area contributed by atoms with Crippen molar-refractivity contribution >= 4 is 11.7 Å². The monoisotopic (exact) mass is 422 g/mol. The van der Waals surface area contributed by atoms with Crippen LogP contribution in [-0.2, 0) is 11.2 Å². The number of carbonyl (C=O) groups is 1. The molecule has 8 nitrogen and oxygen atoms in total. The van der Waals surface area contributed by atoms with Crippen molar-refractivity contribution in [3.05, 3.63) is 53.1 Å². The molecule has 2 unspecified atom stereocenters. The molecule has 0 bridgehead atoms. The van der Waals surface area contributed by atoms with Crippen molar-refractivity contribution < 1.29 is 9.53 Å². The molecule has 1 amide bonds. The molecule has 0 saturated carbocycles. The Hall–Kier alpha value is -3.00. The summed E-state index contributed by atoms with van der Waals surface area (Å²) in [6.07, 6.45) is 2.36. The molecule has 3 aromatic rings. The van der Waals surface area contributed by atoms with Gasteiger partial charge in [-0.2, -0.15) is 4.98 Å². The van der Waals surface area contributed by atoms with Crippen molar-refractivity contribution in [1.82, 2.24) is 29.8 Å². The first kappa shape index (κ1) is 21.2. The molecule has 0 spiro atoms. The molecule has 1 saturated heterocycles. The lowest BCUT2D eigenvalue weighted by molar-refractivity contribution is -0.120. The second-order valence-electron chi connectivity index (χ2n) is 8.36. The van der Waals surface area contributed by atoms with Gasteiger partial charge in [-0.1, -0.05) is 12.1 Å². The molecule has 0 radical (unpaired) electrons. The number of hydrogen-bond donors (Lipinski definition) is 1. The number of carbonyl (C=O) groups excluding carboxylic acids is 1. The first-order valence-corrected chi connectivity index (χ1v) is 10.8. The smallest absolute Gasteiger partial charge is 0.252 e. The number of nitrogens with zero attached hydrogens (tertiary/aromatic N) is 5. The van der Waals surface area contributed by atoms with Crippen LogP contribution in [0.5, 0.6) is 5.75 Å². The topological polar surface area (TPSA) is 84.6 Å². The van der Waals surface area contributed by atoms with Gasteiger partial charge in [0.15, 0.2) is 5.82 Å². The number of ether oxygens (including phenoxy) is 1. The lowest BCUT2D eigenvalue weighted by Gasteiger charge is -2.39. The zero-order chi connectivity index (χ0) is 22.0. The summed E-state index contributed by atoms with van der Waals surface area (Å²) in [4.78, 5) is 23.8. The molecule has 4 rings (SSSR count). The number of rotatable bonds is 6. The molecule has 2 atom stereocenters. The minimum atomic E-state index is -0.0630. The molecule has 1 N–H and O–H groups in total. The van der Waals surface area contributed by atoms with Crippen LogP contribution in [-0.4, -0.2) is 57.6 Å². The predicted molar refractivity (Wildman–Crippen MR) is 118 cm³/mol. The Labute approximate surface area is 182 Å². The van der Waals surface area contributed by atoms with Gasteiger partial charge in [-0.3, -0.25) is 9.69 Å². The Morgan fingerprint density at radius 1 is 1.23 bits per heavy atom. The molecule has 2 aromatic heterocycles. The van der Waals surface area contributed by atoms with E-state index in [9.17, 15) is 4.79 Å². The van der Waals surface area contributed by atoms with Gasteiger partial charge in [0.2, 0.25) is 5.91 Å². The maximum atomic E-state index is 12.6. The Kier molecular flexibility index (Phi) is 6.18. The summed E-state index contributed by atoms with van der Waals surface area (Å²) in [5.41, 5.74) is 3.09. The number of amides is 1. The lowest BCUT2D eigenvalue weighted by Crippen LogP contribution is -2.42. The third-order valence-corrected chi connectivity index (χ3v) is 6.01. The van der Waals surface area contributed by atoms with Gasteiger partial charge in [-0.05, 0) is 70.0 Å². The molecule has 1 aliphatic heterocycles. The number of methoxy groups -OCH3 is 1. The van der Waals surface area contributed by atoms with Crippen molar-refractivity contribution in [2.24, 2.45) is 5.92 Å². The maximum absolute atomic E-state index is 12.6. The number of benzene rings is 1. The van der Waals surface area contributed by atoms with Gasteiger partial charge in [-0.15, -0.1) is 5.10 Å². The van der Waals surface area contributed by atoms with E-state index in [0.717, 1.165) is 36.5 Å². The van der Waals surface area contributed by atoms with Crippen LogP contribution in [0.25, 0.3) is 5.78 Å². The molecule has 8 heteroatoms. The van der Waals surface area contributed by atoms with E-state index in [1.54, 1.807) is 11.6 Å². The van der Waals surface area contributed by atoms with Gasteiger partial charge in [0.25, 0.3) is 5.78 Å². The van der Waals surface area contributed by atoms with Crippen LogP contribution in [0.4, 0.5) is 0 Å². The molecule has 3 heterocycles. The van der Waals surface area contributed by atoms with E-state index in [-0.39, 0.29) is 18.4 Å². The van der Waals surface area contributed by atoms with Crippen LogP contribution in [0.1, 0.15) is 41.7 Å². The number of aryl methyl sites for hydroxylation is 2. The summed E-state index contributed by atoms with van der Waals surface area (Å²) in [6.45, 7) is 5.56. The van der Waals surface area contributed by atoms with Crippen molar-refractivity contribution in [1.29, 1.82) is 0 Å². The Balaban J connectivity index is 1.41. The number of likely N-dealkylation sites (tertiary alicyclic amines) is 1. The van der Waals surface area contributed by atoms with E-state index >= 15 is 0 Å². The zero-order valence-electron chi connectivity index (χ0n) is 18.6. The van der Waals surface area contributed by atoms with E-state index in [2.05, 4.69) is 44.5 Å². The summed E-state index contributed by atoms with van der Waals surface area (Å²) in [6, 6.07) is 10.5. The first-order valence-electron chi connectivity index (χ1n) is 10.8. The Morgan fingerprint density at radius 3 is 2.74 bits per heavy atom. The van der Waals surface area contributed by atoms with E-state index < -0.39 is 0 Å². The van der Waals surface area contributed by atoms with Crippen molar-refractivity contribution in [3.8, 4) is 5.75 Å². The fourth-order valence-corrected chi connectivity index (χ4v) is 4.53. The highest BCUT2D eigenvalue weighted by molar-refractivity contribution is 5.77. The van der Waals surface area contributed by atoms with Crippen LogP contribution in [0.2, 0.25) is 0 Å². The van der Waals surface area contributed by atoms with Gasteiger partial charge in [0.1, 0.15) is 5.75 Å². The first-order chi connectivity index (χ1) is 14.9. The van der Waals surface area contributed by atoms with Gasteiger partial charge in [0.05, 0.1) is 13.5 Å². The average Bonchev–Trinajstić information content (AvgIpc) is 3.15. The van der Waals surface area contributed by atoms with Crippen LogP contribution >= 0.6 is 0 Å². The number of hydrogen-bond acceptors (Lipinski definition) is 6. The largest absolute Gasteiger partial charge is 0.497 e. The Bertz CT molecular complexity index is 1060. The predicted octanol–water partition coefficient (Wildman–Crippen LogP) is 2.49. The number of piperidine rings is 1. The van der Waals surface area contributed by atoms with Crippen LogP contribution in [0.15, 0.2) is 30.3 Å². The van der Waals surface area contributed by atoms with Crippen molar-refractivity contribution in [2.75, 3.05) is 27.2 Å². The standard InChI is InChI=1S/C23H30N6O2/c1-15-12-16(2)29-23(25-15)26-20(27-29)13-21(30)24-14-18-6-5-11-28(3)22(18)17-7-9-19(31-4)10-8-17/h7-10,12,18,22H,5-6,11,13-14H2,1-4H3,(H,24,30). The number of nitrogens with one attached hydrogen (secondary N) is 1. The van der Waals surface area contributed by atoms with Gasteiger partial charge in [0, 0.05) is 24.0 Å². The van der Waals surface area contributed by atoms with E-state index in [1.165, 1.54) is 5.56 Å². The van der Waals surface area contributed by atoms with Gasteiger partial charge < -0.3 is 10.1 Å². The molecule has 31 heavy (non-hydrogen) atoms. The summed E-state index contributed by atoms with van der Waals surface area (Å²) in [5.74, 6) is 2.16. The van der Waals surface area contributed by atoms with Crippen LogP contribution in [0.3, 0.4) is 0 Å². The summed E-state index contributed by atoms with van der Waals surface area (Å²) >= 11 is 0. The summed E-state index contributed by atoms with van der Waals surface area (Å²) in [5, 5.41) is 7.56. The number of aromatic nitrogens is 4. The zero-order valence-corrected chi connectivity index (χ0v) is 18.6. The van der Waals surface area contributed by atoms with Crippen LogP contribution < -0.4 is 10.1 Å². The molecular weight excluding hydrogens is 392 g/mol. The summed E-state index contributed by atoms with van der Waals surface area (Å²) in [7, 11) is 3.83. The lowest BCUT2D eigenvalue weighted by atomic mass is 9.85. The summed E-state index contributed by atoms with van der Waals surface area (Å²) < 4.78 is 6.98. The normalized spacial score (nSPS) is 19.5. The van der Waals surface area contributed by atoms with Crippen molar-refractivity contribution in [2.45, 2.75) is 39.2 Å². The third kappa shape index (κ3) is 4.69.